The van der Waals surface area contributed by atoms with Gasteiger partial charge in [0.25, 0.3) is 11.8 Å². The Morgan fingerprint density at radius 2 is 1.64 bits per heavy atom. The number of nitrogens with one attached hydrogen (secondary N) is 2. The van der Waals surface area contributed by atoms with Crippen molar-refractivity contribution >= 4 is 34.7 Å². The monoisotopic (exact) mass is 397 g/mol. The zero-order valence-corrected chi connectivity index (χ0v) is 16.4. The van der Waals surface area contributed by atoms with Gasteiger partial charge in [0.2, 0.25) is 5.91 Å². The number of fused-ring (bicyclic) bond motifs is 1. The average molecular weight is 398 g/mol. The van der Waals surface area contributed by atoms with E-state index in [1.165, 1.54) is 41.0 Å². The number of nitrogens with zero attached hydrogens (tertiary/aromatic N) is 1. The zero-order valence-electron chi connectivity index (χ0n) is 15.6. The molecule has 0 saturated carbocycles. The van der Waals surface area contributed by atoms with Gasteiger partial charge in [-0.15, -0.1) is 11.3 Å². The number of anilines is 1. The van der Waals surface area contributed by atoms with Gasteiger partial charge in [0.15, 0.2) is 0 Å². The molecule has 1 saturated heterocycles. The predicted molar refractivity (Wildman–Crippen MR) is 109 cm³/mol. The first-order valence-electron chi connectivity index (χ1n) is 9.74. The smallest absolute Gasteiger partial charge is 0.279 e. The van der Waals surface area contributed by atoms with Crippen molar-refractivity contribution in [2.24, 2.45) is 0 Å². The number of carbonyl (C=O) groups is 3. The Morgan fingerprint density at radius 3 is 2.39 bits per heavy atom. The summed E-state index contributed by atoms with van der Waals surface area (Å²) in [5.41, 5.74) is 7.47. The highest BCUT2D eigenvalue weighted by atomic mass is 32.1. The van der Waals surface area contributed by atoms with Gasteiger partial charge in [-0.3, -0.25) is 25.2 Å². The highest BCUT2D eigenvalue weighted by Crippen LogP contribution is 2.28. The highest BCUT2D eigenvalue weighted by molar-refractivity contribution is 7.14. The molecule has 7 heteroatoms. The summed E-state index contributed by atoms with van der Waals surface area (Å²) in [6.07, 6.45) is 7.07. The van der Waals surface area contributed by atoms with Crippen molar-refractivity contribution in [3.63, 3.8) is 0 Å². The maximum atomic E-state index is 12.4. The maximum absolute atomic E-state index is 12.4. The zero-order chi connectivity index (χ0) is 19.5. The van der Waals surface area contributed by atoms with Crippen molar-refractivity contribution in [2.45, 2.75) is 44.9 Å². The van der Waals surface area contributed by atoms with E-state index in [0.29, 0.717) is 23.4 Å². The van der Waals surface area contributed by atoms with Crippen molar-refractivity contribution in [3.05, 3.63) is 51.2 Å². The molecule has 0 spiro atoms. The number of carbonyl (C=O) groups excluding carboxylic acids is 3. The van der Waals surface area contributed by atoms with Gasteiger partial charge in [-0.05, 0) is 68.0 Å². The number of hydrogen-bond acceptors (Lipinski definition) is 4. The normalized spacial score (nSPS) is 16.4. The number of benzene rings is 1. The topological polar surface area (TPSA) is 78.5 Å². The largest absolute Gasteiger partial charge is 0.312 e. The van der Waals surface area contributed by atoms with E-state index in [2.05, 4.69) is 10.9 Å². The quantitative estimate of drug-likeness (QED) is 0.617. The molecule has 2 N–H and O–H groups in total. The molecule has 6 nitrogen and oxygen atoms in total. The molecular formula is C21H23N3O3S. The minimum atomic E-state index is -0.384. The fraction of sp³-hybridized carbons (Fsp3) is 0.381. The van der Waals surface area contributed by atoms with Crippen molar-refractivity contribution in [2.75, 3.05) is 11.4 Å². The lowest BCUT2D eigenvalue weighted by molar-refractivity contribution is -0.117. The summed E-state index contributed by atoms with van der Waals surface area (Å²) in [5, 5.41) is 0. The predicted octanol–water partition coefficient (Wildman–Crippen LogP) is 3.22. The van der Waals surface area contributed by atoms with Crippen LogP contribution in [0.25, 0.3) is 0 Å². The Morgan fingerprint density at radius 1 is 0.893 bits per heavy atom. The summed E-state index contributed by atoms with van der Waals surface area (Å²) in [6.45, 7) is 0.714. The highest BCUT2D eigenvalue weighted by Gasteiger charge is 2.22. The van der Waals surface area contributed by atoms with Crippen LogP contribution >= 0.6 is 11.3 Å². The van der Waals surface area contributed by atoms with E-state index in [-0.39, 0.29) is 17.7 Å². The summed E-state index contributed by atoms with van der Waals surface area (Å²) in [6, 6.07) is 8.80. The van der Waals surface area contributed by atoms with Gasteiger partial charge in [-0.2, -0.15) is 0 Å². The third-order valence-corrected chi connectivity index (χ3v) is 6.51. The molecule has 2 aliphatic rings. The Balaban J connectivity index is 1.35. The van der Waals surface area contributed by atoms with Crippen LogP contribution in [0.1, 0.15) is 62.6 Å². The van der Waals surface area contributed by atoms with Crippen molar-refractivity contribution in [3.8, 4) is 0 Å². The standard InChI is InChI=1S/C21H23N3O3S/c25-19-7-4-12-24(19)16-10-8-14(9-11-16)20(26)22-23-21(27)18-13-15-5-2-1-3-6-17(15)28-18/h8-11,13H,1-7,12H2,(H,22,26)(H,23,27). The van der Waals surface area contributed by atoms with Crippen LogP contribution in [0.3, 0.4) is 0 Å². The average Bonchev–Trinajstić information content (AvgIpc) is 3.26. The Hall–Kier alpha value is -2.67. The van der Waals surface area contributed by atoms with Crippen LogP contribution in [-0.2, 0) is 17.6 Å². The van der Waals surface area contributed by atoms with E-state index < -0.39 is 0 Å². The summed E-state index contributed by atoms with van der Waals surface area (Å²) in [5.74, 6) is -0.560. The van der Waals surface area contributed by atoms with Crippen LogP contribution in [0.4, 0.5) is 5.69 Å². The number of aryl methyl sites for hydroxylation is 2. The van der Waals surface area contributed by atoms with E-state index in [1.54, 1.807) is 29.2 Å². The second-order valence-electron chi connectivity index (χ2n) is 7.22. The summed E-state index contributed by atoms with van der Waals surface area (Å²) in [4.78, 5) is 40.2. The molecule has 1 aromatic heterocycles. The molecule has 0 atom stereocenters. The first kappa shape index (κ1) is 18.7. The molecule has 1 aliphatic carbocycles. The first-order valence-corrected chi connectivity index (χ1v) is 10.6. The number of rotatable bonds is 3. The summed E-state index contributed by atoms with van der Waals surface area (Å²) in [7, 11) is 0. The molecule has 3 amide bonds. The molecular weight excluding hydrogens is 374 g/mol. The molecule has 28 heavy (non-hydrogen) atoms. The van der Waals surface area contributed by atoms with Gasteiger partial charge in [0.1, 0.15) is 0 Å². The molecule has 1 aromatic carbocycles. The minimum Gasteiger partial charge on any atom is -0.312 e. The second-order valence-corrected chi connectivity index (χ2v) is 8.36. The Labute approximate surface area is 167 Å². The molecule has 146 valence electrons. The van der Waals surface area contributed by atoms with E-state index in [4.69, 9.17) is 0 Å². The van der Waals surface area contributed by atoms with Crippen LogP contribution < -0.4 is 15.8 Å². The van der Waals surface area contributed by atoms with Crippen LogP contribution in [0.5, 0.6) is 0 Å². The van der Waals surface area contributed by atoms with Crippen LogP contribution in [0.15, 0.2) is 30.3 Å². The number of hydrazine groups is 1. The summed E-state index contributed by atoms with van der Waals surface area (Å²) < 4.78 is 0. The lowest BCUT2D eigenvalue weighted by Gasteiger charge is -2.15. The first-order chi connectivity index (χ1) is 13.6. The molecule has 1 fully saturated rings. The van der Waals surface area contributed by atoms with E-state index in [9.17, 15) is 14.4 Å². The van der Waals surface area contributed by atoms with E-state index in [0.717, 1.165) is 24.9 Å². The fourth-order valence-corrected chi connectivity index (χ4v) is 4.89. The van der Waals surface area contributed by atoms with Crippen LogP contribution in [-0.4, -0.2) is 24.3 Å². The molecule has 2 aromatic rings. The number of thiophene rings is 1. The lowest BCUT2D eigenvalue weighted by atomic mass is 10.1. The van der Waals surface area contributed by atoms with Gasteiger partial charge >= 0.3 is 0 Å². The lowest BCUT2D eigenvalue weighted by Crippen LogP contribution is -2.41. The third-order valence-electron chi connectivity index (χ3n) is 5.27. The third kappa shape index (κ3) is 3.94. The fourth-order valence-electron chi connectivity index (χ4n) is 3.74. The minimum absolute atomic E-state index is 0.110. The number of hydrogen-bond donors (Lipinski definition) is 2. The SMILES string of the molecule is O=C(NNC(=O)c1cc2c(s1)CCCCC2)c1ccc(N2CCCC2=O)cc1. The van der Waals surface area contributed by atoms with Gasteiger partial charge in [0, 0.05) is 29.1 Å². The maximum Gasteiger partial charge on any atom is 0.279 e. The van der Waals surface area contributed by atoms with Crippen molar-refractivity contribution in [1.82, 2.24) is 10.9 Å². The summed E-state index contributed by atoms with van der Waals surface area (Å²) >= 11 is 1.52. The van der Waals surface area contributed by atoms with Crippen molar-refractivity contribution < 1.29 is 14.4 Å². The van der Waals surface area contributed by atoms with Gasteiger partial charge in [0.05, 0.1) is 4.88 Å². The van der Waals surface area contributed by atoms with Gasteiger partial charge in [-0.1, -0.05) is 6.42 Å². The number of amides is 3. The Kier molecular flexibility index (Phi) is 5.43. The van der Waals surface area contributed by atoms with Crippen molar-refractivity contribution in [1.29, 1.82) is 0 Å². The Bertz CT molecular complexity index is 881. The van der Waals surface area contributed by atoms with Gasteiger partial charge in [-0.25, -0.2) is 0 Å². The van der Waals surface area contributed by atoms with Crippen LogP contribution in [0.2, 0.25) is 0 Å². The molecule has 0 radical (unpaired) electrons. The second kappa shape index (κ2) is 8.14. The van der Waals surface area contributed by atoms with Gasteiger partial charge < -0.3 is 4.90 Å². The molecule has 4 rings (SSSR count). The molecule has 2 heterocycles. The molecule has 0 unspecified atom stereocenters. The molecule has 0 bridgehead atoms. The van der Waals surface area contributed by atoms with Crippen LogP contribution in [0, 0.1) is 0 Å². The van der Waals surface area contributed by atoms with E-state index >= 15 is 0 Å². The van der Waals surface area contributed by atoms with E-state index in [1.807, 2.05) is 6.07 Å². The molecule has 1 aliphatic heterocycles.